The van der Waals surface area contributed by atoms with E-state index in [0.29, 0.717) is 5.56 Å². The van der Waals surface area contributed by atoms with Crippen LogP contribution >= 0.6 is 0 Å². The second-order valence-corrected chi connectivity index (χ2v) is 3.20. The Morgan fingerprint density at radius 1 is 1.36 bits per heavy atom. The Labute approximate surface area is 83.4 Å². The zero-order valence-electron chi connectivity index (χ0n) is 8.51. The number of carbonyl (C=O) groups excluding carboxylic acids is 1. The second kappa shape index (κ2) is 3.93. The fraction of sp³-hybridized carbons (Fsp3) is 0.273. The van der Waals surface area contributed by atoms with Gasteiger partial charge in [-0.2, -0.15) is 5.26 Å². The summed E-state index contributed by atoms with van der Waals surface area (Å²) < 4.78 is 0. The minimum absolute atomic E-state index is 0.0998. The van der Waals surface area contributed by atoms with Crippen LogP contribution in [0.1, 0.15) is 23.6 Å². The summed E-state index contributed by atoms with van der Waals surface area (Å²) >= 11 is 0. The van der Waals surface area contributed by atoms with Gasteiger partial charge in [0, 0.05) is 12.6 Å². The SMILES string of the molecule is CC(=O)Nc1ccc(C#N)c(C)c1C. The number of rotatable bonds is 1. The van der Waals surface area contributed by atoms with Crippen LogP contribution in [0.2, 0.25) is 0 Å². The lowest BCUT2D eigenvalue weighted by molar-refractivity contribution is -0.114. The molecule has 1 amide bonds. The van der Waals surface area contributed by atoms with Crippen LogP contribution in [0, 0.1) is 25.2 Å². The van der Waals surface area contributed by atoms with Crippen LogP contribution in [-0.4, -0.2) is 5.91 Å². The number of carbonyl (C=O) groups is 1. The highest BCUT2D eigenvalue weighted by molar-refractivity contribution is 5.89. The van der Waals surface area contributed by atoms with Gasteiger partial charge in [0.15, 0.2) is 0 Å². The molecule has 0 radical (unpaired) electrons. The summed E-state index contributed by atoms with van der Waals surface area (Å²) in [6.07, 6.45) is 0. The van der Waals surface area contributed by atoms with Gasteiger partial charge in [-0.15, -0.1) is 0 Å². The topological polar surface area (TPSA) is 52.9 Å². The zero-order valence-corrected chi connectivity index (χ0v) is 8.51. The molecule has 0 fully saturated rings. The van der Waals surface area contributed by atoms with Gasteiger partial charge in [-0.25, -0.2) is 0 Å². The summed E-state index contributed by atoms with van der Waals surface area (Å²) in [5, 5.41) is 11.5. The molecule has 3 nitrogen and oxygen atoms in total. The fourth-order valence-electron chi connectivity index (χ4n) is 1.27. The number of benzene rings is 1. The summed E-state index contributed by atoms with van der Waals surface area (Å²) in [7, 11) is 0. The molecule has 0 atom stereocenters. The van der Waals surface area contributed by atoms with Crippen molar-refractivity contribution < 1.29 is 4.79 Å². The molecule has 1 rings (SSSR count). The first-order chi connectivity index (χ1) is 6.56. The number of nitriles is 1. The molecule has 0 spiro atoms. The van der Waals surface area contributed by atoms with E-state index in [1.165, 1.54) is 6.92 Å². The number of amides is 1. The highest BCUT2D eigenvalue weighted by atomic mass is 16.1. The standard InChI is InChI=1S/C11H12N2O/c1-7-8(2)11(13-9(3)14)5-4-10(7)6-12/h4-5H,1-3H3,(H,13,14). The van der Waals surface area contributed by atoms with Crippen molar-refractivity contribution >= 4 is 11.6 Å². The molecule has 1 aromatic rings. The Bertz CT molecular complexity index is 416. The van der Waals surface area contributed by atoms with E-state index in [0.717, 1.165) is 16.8 Å². The number of anilines is 1. The first-order valence-corrected chi connectivity index (χ1v) is 4.34. The Morgan fingerprint density at radius 2 is 2.00 bits per heavy atom. The number of hydrogen-bond donors (Lipinski definition) is 1. The maximum atomic E-state index is 10.9. The molecule has 0 aliphatic rings. The molecule has 1 aromatic carbocycles. The Kier molecular flexibility index (Phi) is 2.88. The molecule has 14 heavy (non-hydrogen) atoms. The summed E-state index contributed by atoms with van der Waals surface area (Å²) in [4.78, 5) is 10.9. The van der Waals surface area contributed by atoms with Crippen LogP contribution in [0.5, 0.6) is 0 Å². The van der Waals surface area contributed by atoms with Gasteiger partial charge in [0.2, 0.25) is 5.91 Å². The van der Waals surface area contributed by atoms with Crippen LogP contribution < -0.4 is 5.32 Å². The van der Waals surface area contributed by atoms with Gasteiger partial charge in [0.1, 0.15) is 0 Å². The maximum absolute atomic E-state index is 10.9. The Balaban J connectivity index is 3.18. The third kappa shape index (κ3) is 1.91. The van der Waals surface area contributed by atoms with Crippen LogP contribution in [0.4, 0.5) is 5.69 Å². The highest BCUT2D eigenvalue weighted by Crippen LogP contribution is 2.21. The summed E-state index contributed by atoms with van der Waals surface area (Å²) in [6, 6.07) is 5.57. The smallest absolute Gasteiger partial charge is 0.221 e. The molecule has 0 bridgehead atoms. The number of nitrogens with zero attached hydrogens (tertiary/aromatic N) is 1. The van der Waals surface area contributed by atoms with Gasteiger partial charge in [-0.05, 0) is 37.1 Å². The molecular formula is C11H12N2O. The van der Waals surface area contributed by atoms with E-state index in [1.54, 1.807) is 12.1 Å². The molecule has 0 saturated heterocycles. The van der Waals surface area contributed by atoms with E-state index in [1.807, 2.05) is 13.8 Å². The molecule has 0 unspecified atom stereocenters. The maximum Gasteiger partial charge on any atom is 0.221 e. The van der Waals surface area contributed by atoms with Gasteiger partial charge in [0.25, 0.3) is 0 Å². The first-order valence-electron chi connectivity index (χ1n) is 4.34. The van der Waals surface area contributed by atoms with Gasteiger partial charge in [-0.1, -0.05) is 0 Å². The predicted octanol–water partition coefficient (Wildman–Crippen LogP) is 2.13. The molecular weight excluding hydrogens is 176 g/mol. The van der Waals surface area contributed by atoms with E-state index in [4.69, 9.17) is 5.26 Å². The minimum atomic E-state index is -0.0998. The van der Waals surface area contributed by atoms with Gasteiger partial charge in [0.05, 0.1) is 11.6 Å². The largest absolute Gasteiger partial charge is 0.326 e. The van der Waals surface area contributed by atoms with E-state index in [-0.39, 0.29) is 5.91 Å². The zero-order chi connectivity index (χ0) is 10.7. The predicted molar refractivity (Wildman–Crippen MR) is 54.9 cm³/mol. The van der Waals surface area contributed by atoms with Gasteiger partial charge in [-0.3, -0.25) is 4.79 Å². The van der Waals surface area contributed by atoms with Crippen molar-refractivity contribution in [2.45, 2.75) is 20.8 Å². The van der Waals surface area contributed by atoms with Crippen LogP contribution in [-0.2, 0) is 4.79 Å². The summed E-state index contributed by atoms with van der Waals surface area (Å²) in [5.41, 5.74) is 3.28. The second-order valence-electron chi connectivity index (χ2n) is 3.20. The fourth-order valence-corrected chi connectivity index (χ4v) is 1.27. The van der Waals surface area contributed by atoms with E-state index in [9.17, 15) is 4.79 Å². The van der Waals surface area contributed by atoms with Gasteiger partial charge < -0.3 is 5.32 Å². The third-order valence-corrected chi connectivity index (χ3v) is 2.22. The van der Waals surface area contributed by atoms with E-state index in [2.05, 4.69) is 11.4 Å². The summed E-state index contributed by atoms with van der Waals surface area (Å²) in [5.74, 6) is -0.0998. The monoisotopic (exact) mass is 188 g/mol. The Morgan fingerprint density at radius 3 is 2.50 bits per heavy atom. The minimum Gasteiger partial charge on any atom is -0.326 e. The lowest BCUT2D eigenvalue weighted by Crippen LogP contribution is -2.08. The van der Waals surface area contributed by atoms with Crippen LogP contribution in [0.3, 0.4) is 0 Å². The van der Waals surface area contributed by atoms with Crippen molar-refractivity contribution in [1.29, 1.82) is 5.26 Å². The van der Waals surface area contributed by atoms with Gasteiger partial charge >= 0.3 is 0 Å². The molecule has 1 N–H and O–H groups in total. The molecule has 0 aliphatic carbocycles. The lowest BCUT2D eigenvalue weighted by atomic mass is 10.0. The molecule has 0 saturated carbocycles. The molecule has 72 valence electrons. The van der Waals surface area contributed by atoms with Crippen molar-refractivity contribution in [2.24, 2.45) is 0 Å². The molecule has 3 heteroatoms. The number of hydrogen-bond acceptors (Lipinski definition) is 2. The average Bonchev–Trinajstić information content (AvgIpc) is 2.13. The van der Waals surface area contributed by atoms with E-state index >= 15 is 0 Å². The molecule has 0 aliphatic heterocycles. The van der Waals surface area contributed by atoms with Crippen molar-refractivity contribution in [3.63, 3.8) is 0 Å². The van der Waals surface area contributed by atoms with Crippen molar-refractivity contribution in [3.05, 3.63) is 28.8 Å². The number of nitrogens with one attached hydrogen (secondary N) is 1. The van der Waals surface area contributed by atoms with Crippen molar-refractivity contribution in [3.8, 4) is 6.07 Å². The van der Waals surface area contributed by atoms with Crippen molar-refractivity contribution in [2.75, 3.05) is 5.32 Å². The normalized spacial score (nSPS) is 9.29. The average molecular weight is 188 g/mol. The van der Waals surface area contributed by atoms with Crippen LogP contribution in [0.25, 0.3) is 0 Å². The Hall–Kier alpha value is -1.82. The molecule has 0 aromatic heterocycles. The first kappa shape index (κ1) is 10.3. The quantitative estimate of drug-likeness (QED) is 0.734. The summed E-state index contributed by atoms with van der Waals surface area (Å²) in [6.45, 7) is 5.23. The van der Waals surface area contributed by atoms with Crippen LogP contribution in [0.15, 0.2) is 12.1 Å². The van der Waals surface area contributed by atoms with E-state index < -0.39 is 0 Å². The third-order valence-electron chi connectivity index (χ3n) is 2.22. The lowest BCUT2D eigenvalue weighted by Gasteiger charge is -2.09. The highest BCUT2D eigenvalue weighted by Gasteiger charge is 2.06. The van der Waals surface area contributed by atoms with Crippen molar-refractivity contribution in [1.82, 2.24) is 0 Å². The molecule has 0 heterocycles.